The molecule has 3 saturated heterocycles. The molecule has 6 atom stereocenters. The number of carbonyl (C=O) groups is 1. The molecule has 5 rings (SSSR count). The highest BCUT2D eigenvalue weighted by Gasteiger charge is 2.56. The Hall–Kier alpha value is -1.12. The van der Waals surface area contributed by atoms with Crippen molar-refractivity contribution < 1.29 is 4.79 Å². The maximum atomic E-state index is 13.1. The van der Waals surface area contributed by atoms with Crippen LogP contribution in [0.4, 0.5) is 0 Å². The molecule has 5 heteroatoms. The van der Waals surface area contributed by atoms with Crippen LogP contribution in [0.15, 0.2) is 0 Å². The van der Waals surface area contributed by atoms with E-state index in [4.69, 9.17) is 5.73 Å². The molecule has 5 fully saturated rings. The molecule has 0 aromatic carbocycles. The van der Waals surface area contributed by atoms with Crippen molar-refractivity contribution in [1.29, 1.82) is 5.26 Å². The highest BCUT2D eigenvalue weighted by atomic mass is 16.2. The molecule has 26 heavy (non-hydrogen) atoms. The number of nitrogens with zero attached hydrogens (tertiary/aromatic N) is 3. The third-order valence-electron chi connectivity index (χ3n) is 8.12. The number of nitrogens with two attached hydrogens (primary N) is 1. The smallest absolute Gasteiger partial charge is 0.241 e. The van der Waals surface area contributed by atoms with E-state index in [2.05, 4.69) is 11.0 Å². The Morgan fingerprint density at radius 3 is 2.31 bits per heavy atom. The summed E-state index contributed by atoms with van der Waals surface area (Å²) in [5.41, 5.74) is 6.53. The molecule has 3 heterocycles. The van der Waals surface area contributed by atoms with Gasteiger partial charge in [0.15, 0.2) is 0 Å². The first kappa shape index (κ1) is 17.0. The van der Waals surface area contributed by atoms with Crippen LogP contribution in [-0.2, 0) is 4.79 Å². The van der Waals surface area contributed by atoms with Gasteiger partial charge in [-0.15, -0.1) is 0 Å². The normalized spacial score (nSPS) is 43.8. The van der Waals surface area contributed by atoms with Gasteiger partial charge in [-0.1, -0.05) is 19.3 Å². The predicted molar refractivity (Wildman–Crippen MR) is 99.0 cm³/mol. The van der Waals surface area contributed by atoms with Gasteiger partial charge >= 0.3 is 0 Å². The Morgan fingerprint density at radius 2 is 1.65 bits per heavy atom. The summed E-state index contributed by atoms with van der Waals surface area (Å²) in [6.45, 7) is 0. The summed E-state index contributed by atoms with van der Waals surface area (Å²) in [7, 11) is 0. The lowest BCUT2D eigenvalue weighted by Crippen LogP contribution is -2.56. The molecule has 2 N–H and O–H groups in total. The van der Waals surface area contributed by atoms with E-state index in [9.17, 15) is 10.1 Å². The minimum atomic E-state index is -0.401. The molecule has 1 amide bonds. The first-order chi connectivity index (χ1) is 12.7. The minimum Gasteiger partial charge on any atom is -0.322 e. The zero-order valence-electron chi connectivity index (χ0n) is 15.7. The monoisotopic (exact) mass is 356 g/mol. The number of hydrogen-bond donors (Lipinski definition) is 1. The summed E-state index contributed by atoms with van der Waals surface area (Å²) in [6, 6.07) is 4.08. The second-order valence-corrected chi connectivity index (χ2v) is 9.57. The van der Waals surface area contributed by atoms with E-state index in [1.807, 2.05) is 4.90 Å². The Balaban J connectivity index is 1.26. The van der Waals surface area contributed by atoms with E-state index in [1.165, 1.54) is 44.9 Å². The first-order valence-electron chi connectivity index (χ1n) is 10.9. The zero-order chi connectivity index (χ0) is 17.8. The molecule has 0 aromatic rings. The van der Waals surface area contributed by atoms with Crippen LogP contribution >= 0.6 is 0 Å². The van der Waals surface area contributed by atoms with Crippen LogP contribution in [0.2, 0.25) is 0 Å². The van der Waals surface area contributed by atoms with E-state index >= 15 is 0 Å². The lowest BCUT2D eigenvalue weighted by molar-refractivity contribution is -0.135. The fourth-order valence-corrected chi connectivity index (χ4v) is 6.79. The van der Waals surface area contributed by atoms with Gasteiger partial charge in [0.05, 0.1) is 12.1 Å². The molecule has 5 nitrogen and oxygen atoms in total. The lowest BCUT2D eigenvalue weighted by Gasteiger charge is -2.46. The molecule has 6 unspecified atom stereocenters. The molecule has 0 aromatic heterocycles. The number of carbonyl (C=O) groups excluding carboxylic acids is 1. The van der Waals surface area contributed by atoms with Crippen LogP contribution in [-0.4, -0.2) is 52.0 Å². The summed E-state index contributed by atoms with van der Waals surface area (Å²) < 4.78 is 0. The van der Waals surface area contributed by atoms with Gasteiger partial charge in [0.1, 0.15) is 6.04 Å². The van der Waals surface area contributed by atoms with Crippen molar-refractivity contribution in [3.05, 3.63) is 0 Å². The first-order valence-corrected chi connectivity index (χ1v) is 10.9. The van der Waals surface area contributed by atoms with Gasteiger partial charge in [0, 0.05) is 24.2 Å². The van der Waals surface area contributed by atoms with E-state index in [0.717, 1.165) is 31.7 Å². The Labute approximate surface area is 156 Å². The van der Waals surface area contributed by atoms with Crippen molar-refractivity contribution in [1.82, 2.24) is 9.80 Å². The molecular formula is C21H32N4O. The van der Waals surface area contributed by atoms with Gasteiger partial charge in [-0.2, -0.15) is 5.26 Å². The van der Waals surface area contributed by atoms with Gasteiger partial charge in [-0.3, -0.25) is 9.69 Å². The predicted octanol–water partition coefficient (Wildman–Crippen LogP) is 2.40. The molecule has 0 radical (unpaired) electrons. The molecule has 3 aliphatic heterocycles. The second-order valence-electron chi connectivity index (χ2n) is 9.57. The third-order valence-corrected chi connectivity index (χ3v) is 8.12. The van der Waals surface area contributed by atoms with Crippen LogP contribution in [0.25, 0.3) is 0 Å². The van der Waals surface area contributed by atoms with Gasteiger partial charge in [0.25, 0.3) is 0 Å². The van der Waals surface area contributed by atoms with E-state index in [1.54, 1.807) is 0 Å². The van der Waals surface area contributed by atoms with Gasteiger partial charge in [-0.05, 0) is 63.2 Å². The van der Waals surface area contributed by atoms with E-state index in [0.29, 0.717) is 30.0 Å². The standard InChI is InChI=1S/C21H32N4O/c22-12-18-8-13-11-19(13)25(18)21(26)20(23)14-9-16-6-7-17(10-14)24(16)15-4-2-1-3-5-15/h13-20H,1-11,23H2. The Morgan fingerprint density at radius 1 is 0.962 bits per heavy atom. The van der Waals surface area contributed by atoms with Crippen LogP contribution < -0.4 is 5.73 Å². The maximum Gasteiger partial charge on any atom is 0.241 e. The molecule has 142 valence electrons. The summed E-state index contributed by atoms with van der Waals surface area (Å²) in [6.07, 6.45) is 13.6. The van der Waals surface area contributed by atoms with Crippen molar-refractivity contribution in [3.63, 3.8) is 0 Å². The highest BCUT2D eigenvalue weighted by Crippen LogP contribution is 2.49. The summed E-state index contributed by atoms with van der Waals surface area (Å²) in [5.74, 6) is 0.939. The molecular weight excluding hydrogens is 324 g/mol. The quantitative estimate of drug-likeness (QED) is 0.843. The SMILES string of the molecule is N#CC1CC2CC2N1C(=O)C(N)C1CC2CCC(C1)N2C1CCCCC1. The largest absolute Gasteiger partial charge is 0.322 e. The van der Waals surface area contributed by atoms with Gasteiger partial charge in [0.2, 0.25) is 5.91 Å². The summed E-state index contributed by atoms with van der Waals surface area (Å²) in [4.78, 5) is 17.8. The van der Waals surface area contributed by atoms with Crippen molar-refractivity contribution in [2.75, 3.05) is 0 Å². The Kier molecular flexibility index (Phi) is 4.25. The van der Waals surface area contributed by atoms with Crippen molar-refractivity contribution in [2.45, 2.75) is 107 Å². The van der Waals surface area contributed by atoms with Gasteiger partial charge in [-0.25, -0.2) is 0 Å². The van der Waals surface area contributed by atoms with Gasteiger partial charge < -0.3 is 10.6 Å². The maximum absolute atomic E-state index is 13.1. The number of piperidine rings is 2. The number of nitriles is 1. The third kappa shape index (κ3) is 2.68. The van der Waals surface area contributed by atoms with Crippen molar-refractivity contribution in [3.8, 4) is 6.07 Å². The number of amides is 1. The van der Waals surface area contributed by atoms with Crippen LogP contribution in [0.1, 0.15) is 70.6 Å². The van der Waals surface area contributed by atoms with Crippen molar-refractivity contribution in [2.24, 2.45) is 17.6 Å². The average Bonchev–Trinajstić information content (AvgIpc) is 3.26. The lowest BCUT2D eigenvalue weighted by atomic mass is 9.82. The fourth-order valence-electron chi connectivity index (χ4n) is 6.79. The molecule has 0 spiro atoms. The zero-order valence-corrected chi connectivity index (χ0v) is 15.7. The second kappa shape index (κ2) is 6.49. The van der Waals surface area contributed by atoms with Crippen LogP contribution in [0, 0.1) is 23.2 Å². The van der Waals surface area contributed by atoms with E-state index in [-0.39, 0.29) is 11.9 Å². The summed E-state index contributed by atoms with van der Waals surface area (Å²) >= 11 is 0. The molecule has 2 saturated carbocycles. The number of hydrogen-bond acceptors (Lipinski definition) is 4. The molecule has 2 aliphatic carbocycles. The summed E-state index contributed by atoms with van der Waals surface area (Å²) in [5, 5.41) is 9.40. The van der Waals surface area contributed by atoms with Crippen LogP contribution in [0.5, 0.6) is 0 Å². The number of likely N-dealkylation sites (tertiary alicyclic amines) is 1. The number of rotatable bonds is 3. The topological polar surface area (TPSA) is 73.4 Å². The molecule has 5 aliphatic rings. The highest BCUT2D eigenvalue weighted by molar-refractivity contribution is 5.84. The minimum absolute atomic E-state index is 0.0667. The Bertz CT molecular complexity index is 596. The van der Waals surface area contributed by atoms with Crippen molar-refractivity contribution >= 4 is 5.91 Å². The number of fused-ring (bicyclic) bond motifs is 3. The van der Waals surface area contributed by atoms with E-state index < -0.39 is 6.04 Å². The van der Waals surface area contributed by atoms with Crippen LogP contribution in [0.3, 0.4) is 0 Å². The fraction of sp³-hybridized carbons (Fsp3) is 0.905. The molecule has 2 bridgehead atoms. The average molecular weight is 357 g/mol.